The van der Waals surface area contributed by atoms with E-state index < -0.39 is 5.97 Å². The summed E-state index contributed by atoms with van der Waals surface area (Å²) in [5.74, 6) is 0.0577. The van der Waals surface area contributed by atoms with Crippen molar-refractivity contribution < 1.29 is 9.90 Å². The van der Waals surface area contributed by atoms with Crippen molar-refractivity contribution in [3.05, 3.63) is 35.4 Å². The SMILES string of the molecule is O=C(O)C1Cc2ccccc2CN1CC1CC1. The number of carbonyl (C=O) groups is 1. The Hall–Kier alpha value is -1.35. The zero-order valence-corrected chi connectivity index (χ0v) is 9.80. The van der Waals surface area contributed by atoms with Crippen LogP contribution < -0.4 is 0 Å². The maximum atomic E-state index is 11.3. The average Bonchev–Trinajstić information content (AvgIpc) is 3.12. The van der Waals surface area contributed by atoms with Crippen molar-refractivity contribution in [2.75, 3.05) is 6.54 Å². The lowest BCUT2D eigenvalue weighted by molar-refractivity contribution is -0.144. The van der Waals surface area contributed by atoms with Crippen LogP contribution in [0.1, 0.15) is 24.0 Å². The molecule has 0 radical (unpaired) electrons. The van der Waals surface area contributed by atoms with Crippen molar-refractivity contribution in [1.29, 1.82) is 0 Å². The maximum Gasteiger partial charge on any atom is 0.321 e. The summed E-state index contributed by atoms with van der Waals surface area (Å²) in [4.78, 5) is 13.5. The van der Waals surface area contributed by atoms with E-state index in [1.54, 1.807) is 0 Å². The molecule has 0 bridgehead atoms. The normalized spacial score (nSPS) is 24.4. The summed E-state index contributed by atoms with van der Waals surface area (Å²) in [6.07, 6.45) is 3.19. The molecular weight excluding hydrogens is 214 g/mol. The van der Waals surface area contributed by atoms with E-state index >= 15 is 0 Å². The number of fused-ring (bicyclic) bond motifs is 1. The van der Waals surface area contributed by atoms with Crippen molar-refractivity contribution >= 4 is 5.97 Å². The Morgan fingerprint density at radius 1 is 1.29 bits per heavy atom. The van der Waals surface area contributed by atoms with Gasteiger partial charge in [-0.15, -0.1) is 0 Å². The van der Waals surface area contributed by atoms with E-state index in [0.29, 0.717) is 6.42 Å². The standard InChI is InChI=1S/C14H17NO2/c16-14(17)13-7-11-3-1-2-4-12(11)9-15(13)8-10-5-6-10/h1-4,10,13H,5-9H2,(H,16,17). The van der Waals surface area contributed by atoms with Crippen LogP contribution in [-0.4, -0.2) is 28.6 Å². The smallest absolute Gasteiger partial charge is 0.321 e. The molecule has 0 aromatic heterocycles. The molecular formula is C14H17NO2. The zero-order valence-electron chi connectivity index (χ0n) is 9.80. The molecule has 3 heteroatoms. The van der Waals surface area contributed by atoms with Crippen LogP contribution in [-0.2, 0) is 17.8 Å². The quantitative estimate of drug-likeness (QED) is 0.863. The van der Waals surface area contributed by atoms with Gasteiger partial charge in [0.1, 0.15) is 6.04 Å². The molecule has 1 N–H and O–H groups in total. The second-order valence-electron chi connectivity index (χ2n) is 5.20. The van der Waals surface area contributed by atoms with Gasteiger partial charge in [0.25, 0.3) is 0 Å². The number of aliphatic carboxylic acids is 1. The van der Waals surface area contributed by atoms with Crippen molar-refractivity contribution in [2.24, 2.45) is 5.92 Å². The molecule has 2 aliphatic rings. The molecule has 1 aliphatic heterocycles. The first-order chi connectivity index (χ1) is 8.24. The van der Waals surface area contributed by atoms with Gasteiger partial charge in [-0.25, -0.2) is 0 Å². The van der Waals surface area contributed by atoms with Crippen molar-refractivity contribution in [3.63, 3.8) is 0 Å². The van der Waals surface area contributed by atoms with Crippen LogP contribution in [0.5, 0.6) is 0 Å². The van der Waals surface area contributed by atoms with Crippen LogP contribution in [0.3, 0.4) is 0 Å². The lowest BCUT2D eigenvalue weighted by Gasteiger charge is -2.34. The zero-order chi connectivity index (χ0) is 11.8. The minimum absolute atomic E-state index is 0.328. The highest BCUT2D eigenvalue weighted by Gasteiger charge is 2.34. The van der Waals surface area contributed by atoms with Crippen LogP contribution in [0.4, 0.5) is 0 Å². The van der Waals surface area contributed by atoms with E-state index in [1.165, 1.54) is 24.0 Å². The topological polar surface area (TPSA) is 40.5 Å². The van der Waals surface area contributed by atoms with Gasteiger partial charge in [0.15, 0.2) is 0 Å². The Bertz CT molecular complexity index is 440. The fraction of sp³-hybridized carbons (Fsp3) is 0.500. The second kappa shape index (κ2) is 4.15. The van der Waals surface area contributed by atoms with Gasteiger partial charge in [-0.1, -0.05) is 24.3 Å². The first kappa shape index (κ1) is 10.8. The Morgan fingerprint density at radius 2 is 2.00 bits per heavy atom. The van der Waals surface area contributed by atoms with Crippen molar-refractivity contribution in [2.45, 2.75) is 31.8 Å². The molecule has 90 valence electrons. The molecule has 3 nitrogen and oxygen atoms in total. The van der Waals surface area contributed by atoms with Gasteiger partial charge in [0, 0.05) is 13.1 Å². The third-order valence-corrected chi connectivity index (χ3v) is 3.82. The Kier molecular flexibility index (Phi) is 2.63. The molecule has 0 saturated heterocycles. The number of benzene rings is 1. The minimum atomic E-state index is -0.680. The van der Waals surface area contributed by atoms with E-state index in [9.17, 15) is 9.90 Å². The first-order valence-corrected chi connectivity index (χ1v) is 6.27. The molecule has 17 heavy (non-hydrogen) atoms. The van der Waals surface area contributed by atoms with Crippen molar-refractivity contribution in [1.82, 2.24) is 4.90 Å². The first-order valence-electron chi connectivity index (χ1n) is 6.27. The predicted molar refractivity (Wildman–Crippen MR) is 64.7 cm³/mol. The third-order valence-electron chi connectivity index (χ3n) is 3.82. The molecule has 0 amide bonds. The third kappa shape index (κ3) is 2.20. The van der Waals surface area contributed by atoms with E-state index in [-0.39, 0.29) is 6.04 Å². The number of nitrogens with zero attached hydrogens (tertiary/aromatic N) is 1. The summed E-state index contributed by atoms with van der Waals surface area (Å²) in [6, 6.07) is 7.88. The number of carboxylic acid groups (broad SMARTS) is 1. The molecule has 3 rings (SSSR count). The van der Waals surface area contributed by atoms with Crippen molar-refractivity contribution in [3.8, 4) is 0 Å². The molecule has 1 saturated carbocycles. The molecule has 1 unspecified atom stereocenters. The Labute approximate surface area is 101 Å². The Balaban J connectivity index is 1.84. The molecule has 0 spiro atoms. The molecule has 1 aromatic rings. The van der Waals surface area contributed by atoms with Crippen LogP contribution in [0.15, 0.2) is 24.3 Å². The van der Waals surface area contributed by atoms with Crippen LogP contribution >= 0.6 is 0 Å². The van der Waals surface area contributed by atoms with Crippen LogP contribution in [0.2, 0.25) is 0 Å². The summed E-state index contributed by atoms with van der Waals surface area (Å²) in [6.45, 7) is 1.74. The summed E-state index contributed by atoms with van der Waals surface area (Å²) in [7, 11) is 0. The monoisotopic (exact) mass is 231 g/mol. The number of carboxylic acids is 1. The average molecular weight is 231 g/mol. The predicted octanol–water partition coefficient (Wildman–Crippen LogP) is 1.91. The maximum absolute atomic E-state index is 11.3. The van der Waals surface area contributed by atoms with Gasteiger partial charge in [-0.2, -0.15) is 0 Å². The van der Waals surface area contributed by atoms with Gasteiger partial charge in [0.2, 0.25) is 0 Å². The highest BCUT2D eigenvalue weighted by Crippen LogP contribution is 2.33. The van der Waals surface area contributed by atoms with Gasteiger partial charge in [-0.3, -0.25) is 9.69 Å². The summed E-state index contributed by atoms with van der Waals surface area (Å²) >= 11 is 0. The summed E-state index contributed by atoms with van der Waals surface area (Å²) in [5.41, 5.74) is 2.50. The largest absolute Gasteiger partial charge is 0.480 e. The van der Waals surface area contributed by atoms with Gasteiger partial charge in [0.05, 0.1) is 0 Å². The lowest BCUT2D eigenvalue weighted by atomic mass is 9.94. The molecule has 1 aromatic carbocycles. The number of hydrogen-bond acceptors (Lipinski definition) is 2. The highest BCUT2D eigenvalue weighted by atomic mass is 16.4. The fourth-order valence-electron chi connectivity index (χ4n) is 2.64. The van der Waals surface area contributed by atoms with E-state index in [1.807, 2.05) is 12.1 Å². The van der Waals surface area contributed by atoms with Crippen LogP contribution in [0, 0.1) is 5.92 Å². The number of rotatable bonds is 3. The van der Waals surface area contributed by atoms with E-state index in [2.05, 4.69) is 17.0 Å². The van der Waals surface area contributed by atoms with Crippen LogP contribution in [0.25, 0.3) is 0 Å². The van der Waals surface area contributed by atoms with Gasteiger partial charge < -0.3 is 5.11 Å². The Morgan fingerprint density at radius 3 is 2.65 bits per heavy atom. The molecule has 1 atom stereocenters. The number of hydrogen-bond donors (Lipinski definition) is 1. The van der Waals surface area contributed by atoms with E-state index in [0.717, 1.165) is 19.0 Å². The molecule has 1 fully saturated rings. The van der Waals surface area contributed by atoms with E-state index in [4.69, 9.17) is 0 Å². The summed E-state index contributed by atoms with van der Waals surface area (Å²) < 4.78 is 0. The van der Waals surface area contributed by atoms with Gasteiger partial charge >= 0.3 is 5.97 Å². The molecule has 1 heterocycles. The second-order valence-corrected chi connectivity index (χ2v) is 5.20. The van der Waals surface area contributed by atoms with Gasteiger partial charge in [-0.05, 0) is 36.3 Å². The minimum Gasteiger partial charge on any atom is -0.480 e. The lowest BCUT2D eigenvalue weighted by Crippen LogP contribution is -2.46. The fourth-order valence-corrected chi connectivity index (χ4v) is 2.64. The highest BCUT2D eigenvalue weighted by molar-refractivity contribution is 5.74. The molecule has 1 aliphatic carbocycles. The summed E-state index contributed by atoms with van der Waals surface area (Å²) in [5, 5.41) is 9.33.